The number of nitrogen functional groups attached to an aromatic ring is 1. The number of halogens is 1. The maximum absolute atomic E-state index is 5.89. The van der Waals surface area contributed by atoms with Gasteiger partial charge in [0, 0.05) is 15.7 Å². The normalized spacial score (nSPS) is 16.7. The number of nitrogens with two attached hydrogens (primary N) is 1. The highest BCUT2D eigenvalue weighted by atomic mass is 79.9. The molecule has 1 aromatic carbocycles. The van der Waals surface area contributed by atoms with E-state index in [-0.39, 0.29) is 0 Å². The predicted molar refractivity (Wildman–Crippen MR) is 77.5 cm³/mol. The number of hydrogen-bond acceptors (Lipinski definition) is 4. The fraction of sp³-hybridized carbons (Fsp3) is 0.462. The van der Waals surface area contributed by atoms with E-state index in [0.29, 0.717) is 11.7 Å². The smallest absolute Gasteiger partial charge is 0.182 e. The molecule has 0 spiro atoms. The van der Waals surface area contributed by atoms with E-state index in [0.717, 1.165) is 28.7 Å². The Morgan fingerprint density at radius 3 is 2.68 bits per heavy atom. The van der Waals surface area contributed by atoms with Crippen molar-refractivity contribution >= 4 is 21.6 Å². The van der Waals surface area contributed by atoms with Gasteiger partial charge >= 0.3 is 0 Å². The molecule has 1 aromatic heterocycles. The second-order valence-corrected chi connectivity index (χ2v) is 5.93. The molecule has 1 heterocycles. The summed E-state index contributed by atoms with van der Waals surface area (Å²) in [6.45, 7) is 0. The van der Waals surface area contributed by atoms with Crippen LogP contribution in [0.4, 0.5) is 5.69 Å². The number of benzene rings is 1. The summed E-state index contributed by atoms with van der Waals surface area (Å²) in [6.07, 6.45) is 6.13. The Balaban J connectivity index is 1.98. The van der Waals surface area contributed by atoms with Crippen molar-refractivity contribution in [3.8, 4) is 11.4 Å². The Hall–Kier alpha value is -1.43. The van der Waals surface area contributed by atoms with Gasteiger partial charge in [0.2, 0.25) is 0 Å². The van der Waals surface area contributed by atoms with E-state index in [1.165, 1.54) is 19.3 Å². The lowest BCUT2D eigenvalue weighted by Crippen LogP contribution is -2.15. The molecule has 0 amide bonds. The SMILES string of the molecule is Nc1cc(Br)cc(-c2nnnn2C2CCCCC2)c1. The summed E-state index contributed by atoms with van der Waals surface area (Å²) in [6, 6.07) is 6.20. The fourth-order valence-electron chi connectivity index (χ4n) is 2.70. The highest BCUT2D eigenvalue weighted by molar-refractivity contribution is 9.10. The van der Waals surface area contributed by atoms with Crippen LogP contribution in [0.5, 0.6) is 0 Å². The minimum Gasteiger partial charge on any atom is -0.399 e. The monoisotopic (exact) mass is 321 g/mol. The highest BCUT2D eigenvalue weighted by Gasteiger charge is 2.21. The third-order valence-electron chi connectivity index (χ3n) is 3.59. The highest BCUT2D eigenvalue weighted by Crippen LogP contribution is 2.31. The van der Waals surface area contributed by atoms with Crippen LogP contribution in [-0.2, 0) is 0 Å². The molecule has 1 saturated carbocycles. The molecule has 0 radical (unpaired) electrons. The van der Waals surface area contributed by atoms with Gasteiger partial charge in [-0.3, -0.25) is 0 Å². The minimum absolute atomic E-state index is 0.416. The van der Waals surface area contributed by atoms with Crippen LogP contribution in [0.15, 0.2) is 22.7 Å². The first-order valence-corrected chi connectivity index (χ1v) is 7.37. The third-order valence-corrected chi connectivity index (χ3v) is 4.05. The standard InChI is InChI=1S/C13H16BrN5/c14-10-6-9(7-11(15)8-10)13-16-17-18-19(13)12-4-2-1-3-5-12/h6-8,12H,1-5,15H2. The molecule has 0 aliphatic heterocycles. The van der Waals surface area contributed by atoms with Crippen molar-refractivity contribution in [2.24, 2.45) is 0 Å². The summed E-state index contributed by atoms with van der Waals surface area (Å²) < 4.78 is 2.90. The minimum atomic E-state index is 0.416. The molecule has 19 heavy (non-hydrogen) atoms. The first-order chi connectivity index (χ1) is 9.24. The zero-order chi connectivity index (χ0) is 13.2. The number of anilines is 1. The van der Waals surface area contributed by atoms with Gasteiger partial charge in [-0.25, -0.2) is 4.68 Å². The molecule has 1 fully saturated rings. The lowest BCUT2D eigenvalue weighted by Gasteiger charge is -2.22. The molecule has 0 unspecified atom stereocenters. The van der Waals surface area contributed by atoms with Gasteiger partial charge in [0.05, 0.1) is 6.04 Å². The average Bonchev–Trinajstić information content (AvgIpc) is 2.88. The van der Waals surface area contributed by atoms with Crippen LogP contribution >= 0.6 is 15.9 Å². The Morgan fingerprint density at radius 1 is 1.16 bits per heavy atom. The first kappa shape index (κ1) is 12.6. The molecule has 0 atom stereocenters. The number of tetrazole rings is 1. The maximum atomic E-state index is 5.89. The molecule has 1 aliphatic carbocycles. The van der Waals surface area contributed by atoms with E-state index in [1.54, 1.807) is 0 Å². The maximum Gasteiger partial charge on any atom is 0.182 e. The largest absolute Gasteiger partial charge is 0.399 e. The van der Waals surface area contributed by atoms with E-state index in [4.69, 9.17) is 5.73 Å². The van der Waals surface area contributed by atoms with E-state index < -0.39 is 0 Å². The molecule has 1 aliphatic rings. The van der Waals surface area contributed by atoms with E-state index >= 15 is 0 Å². The van der Waals surface area contributed by atoms with Gasteiger partial charge in [0.15, 0.2) is 5.82 Å². The van der Waals surface area contributed by atoms with Crippen LogP contribution in [0.1, 0.15) is 38.1 Å². The van der Waals surface area contributed by atoms with E-state index in [2.05, 4.69) is 31.5 Å². The quantitative estimate of drug-likeness (QED) is 0.862. The first-order valence-electron chi connectivity index (χ1n) is 6.58. The van der Waals surface area contributed by atoms with Crippen LogP contribution in [0.3, 0.4) is 0 Å². The summed E-state index contributed by atoms with van der Waals surface area (Å²) in [4.78, 5) is 0. The van der Waals surface area contributed by atoms with Gasteiger partial charge in [-0.1, -0.05) is 35.2 Å². The topological polar surface area (TPSA) is 69.6 Å². The summed E-state index contributed by atoms with van der Waals surface area (Å²) in [5, 5.41) is 12.2. The van der Waals surface area contributed by atoms with Crippen molar-refractivity contribution in [1.82, 2.24) is 20.2 Å². The molecular formula is C13H16BrN5. The fourth-order valence-corrected chi connectivity index (χ4v) is 3.21. The number of rotatable bonds is 2. The van der Waals surface area contributed by atoms with E-state index in [9.17, 15) is 0 Å². The zero-order valence-electron chi connectivity index (χ0n) is 10.6. The van der Waals surface area contributed by atoms with Crippen molar-refractivity contribution in [2.45, 2.75) is 38.1 Å². The Kier molecular flexibility index (Phi) is 3.50. The van der Waals surface area contributed by atoms with Gasteiger partial charge in [-0.05, 0) is 41.5 Å². The molecule has 6 heteroatoms. The van der Waals surface area contributed by atoms with Gasteiger partial charge in [-0.15, -0.1) is 5.10 Å². The third kappa shape index (κ3) is 2.63. The molecule has 3 rings (SSSR count). The van der Waals surface area contributed by atoms with Crippen LogP contribution in [0.2, 0.25) is 0 Å². The molecular weight excluding hydrogens is 306 g/mol. The molecule has 2 aromatic rings. The van der Waals surface area contributed by atoms with Crippen LogP contribution in [-0.4, -0.2) is 20.2 Å². The molecule has 5 nitrogen and oxygen atoms in total. The van der Waals surface area contributed by atoms with Crippen molar-refractivity contribution in [2.75, 3.05) is 5.73 Å². The van der Waals surface area contributed by atoms with Crippen LogP contribution in [0.25, 0.3) is 11.4 Å². The van der Waals surface area contributed by atoms with Gasteiger partial charge in [-0.2, -0.15) is 0 Å². The van der Waals surface area contributed by atoms with E-state index in [1.807, 2.05) is 22.9 Å². The van der Waals surface area contributed by atoms with Crippen LogP contribution < -0.4 is 5.73 Å². The molecule has 0 saturated heterocycles. The predicted octanol–water partition coefficient (Wildman–Crippen LogP) is 3.19. The summed E-state index contributed by atoms with van der Waals surface area (Å²) >= 11 is 3.46. The van der Waals surface area contributed by atoms with Gasteiger partial charge in [0.25, 0.3) is 0 Å². The lowest BCUT2D eigenvalue weighted by atomic mass is 9.95. The molecule has 100 valence electrons. The number of hydrogen-bond donors (Lipinski definition) is 1. The average molecular weight is 322 g/mol. The summed E-state index contributed by atoms with van der Waals surface area (Å²) in [7, 11) is 0. The number of aromatic nitrogens is 4. The second-order valence-electron chi connectivity index (χ2n) is 5.01. The summed E-state index contributed by atoms with van der Waals surface area (Å²) in [5.74, 6) is 0.805. The van der Waals surface area contributed by atoms with Crippen molar-refractivity contribution in [1.29, 1.82) is 0 Å². The van der Waals surface area contributed by atoms with Crippen molar-refractivity contribution < 1.29 is 0 Å². The lowest BCUT2D eigenvalue weighted by molar-refractivity contribution is 0.327. The van der Waals surface area contributed by atoms with Crippen LogP contribution in [0, 0.1) is 0 Å². The number of nitrogens with zero attached hydrogens (tertiary/aromatic N) is 4. The molecule has 0 bridgehead atoms. The molecule has 2 N–H and O–H groups in total. The van der Waals surface area contributed by atoms with Gasteiger partial charge < -0.3 is 5.73 Å². The Morgan fingerprint density at radius 2 is 1.95 bits per heavy atom. The van der Waals surface area contributed by atoms with Crippen molar-refractivity contribution in [3.05, 3.63) is 22.7 Å². The second kappa shape index (κ2) is 5.28. The van der Waals surface area contributed by atoms with Crippen molar-refractivity contribution in [3.63, 3.8) is 0 Å². The zero-order valence-corrected chi connectivity index (χ0v) is 12.2. The Bertz CT molecular complexity index is 554. The summed E-state index contributed by atoms with van der Waals surface area (Å²) in [5.41, 5.74) is 7.56. The van der Waals surface area contributed by atoms with Gasteiger partial charge in [0.1, 0.15) is 0 Å². The Labute approximate surface area is 120 Å².